The van der Waals surface area contributed by atoms with Gasteiger partial charge in [0.25, 0.3) is 0 Å². The van der Waals surface area contributed by atoms with E-state index in [2.05, 4.69) is 40.2 Å². The first-order valence-corrected chi connectivity index (χ1v) is 8.70. The molecule has 1 N–H and O–H groups in total. The molecule has 1 aromatic carbocycles. The van der Waals surface area contributed by atoms with Crippen molar-refractivity contribution in [2.24, 2.45) is 0 Å². The SMILES string of the molecule is COc1cc(C2(O)CC3CCC(C2)N3Cc2ccccc2)ccn1. The van der Waals surface area contributed by atoms with Crippen molar-refractivity contribution in [2.75, 3.05) is 7.11 Å². The summed E-state index contributed by atoms with van der Waals surface area (Å²) in [6.07, 6.45) is 5.63. The first kappa shape index (κ1) is 15.6. The van der Waals surface area contributed by atoms with E-state index in [1.54, 1.807) is 13.3 Å². The number of pyridine rings is 1. The Labute approximate surface area is 143 Å². The number of methoxy groups -OCH3 is 1. The summed E-state index contributed by atoms with van der Waals surface area (Å²) in [5, 5.41) is 11.3. The standard InChI is InChI=1S/C20H24N2O2/c1-24-19-11-16(9-10-21-19)20(23)12-17-7-8-18(13-20)22(17)14-15-5-3-2-4-6-15/h2-6,9-11,17-18,23H,7-8,12-14H2,1H3. The van der Waals surface area contributed by atoms with E-state index in [9.17, 15) is 5.11 Å². The summed E-state index contributed by atoms with van der Waals surface area (Å²) < 4.78 is 5.23. The molecule has 2 unspecified atom stereocenters. The van der Waals surface area contributed by atoms with Crippen LogP contribution >= 0.6 is 0 Å². The smallest absolute Gasteiger partial charge is 0.213 e. The highest BCUT2D eigenvalue weighted by atomic mass is 16.5. The lowest BCUT2D eigenvalue weighted by Gasteiger charge is -2.44. The number of piperidine rings is 1. The molecule has 2 aliphatic rings. The van der Waals surface area contributed by atoms with E-state index in [1.165, 1.54) is 18.4 Å². The van der Waals surface area contributed by atoms with Crippen LogP contribution in [-0.4, -0.2) is 34.2 Å². The van der Waals surface area contributed by atoms with Crippen LogP contribution in [0.1, 0.15) is 36.8 Å². The van der Waals surface area contributed by atoms with Gasteiger partial charge < -0.3 is 9.84 Å². The third-order valence-corrected chi connectivity index (χ3v) is 5.61. The van der Waals surface area contributed by atoms with Gasteiger partial charge in [-0.3, -0.25) is 4.90 Å². The first-order valence-electron chi connectivity index (χ1n) is 8.70. The highest BCUT2D eigenvalue weighted by Gasteiger charge is 2.48. The van der Waals surface area contributed by atoms with E-state index in [1.807, 2.05) is 12.1 Å². The Hall–Kier alpha value is -1.91. The van der Waals surface area contributed by atoms with Crippen molar-refractivity contribution in [3.63, 3.8) is 0 Å². The average molecular weight is 324 g/mol. The normalized spacial score (nSPS) is 29.6. The maximum atomic E-state index is 11.3. The maximum absolute atomic E-state index is 11.3. The number of hydrogen-bond donors (Lipinski definition) is 1. The van der Waals surface area contributed by atoms with Crippen LogP contribution in [0.2, 0.25) is 0 Å². The van der Waals surface area contributed by atoms with E-state index in [0.717, 1.165) is 24.9 Å². The van der Waals surface area contributed by atoms with Crippen LogP contribution in [0.15, 0.2) is 48.7 Å². The molecule has 1 aromatic heterocycles. The molecule has 2 aliphatic heterocycles. The second-order valence-electron chi connectivity index (χ2n) is 7.07. The fourth-order valence-electron chi connectivity index (χ4n) is 4.41. The quantitative estimate of drug-likeness (QED) is 0.939. The van der Waals surface area contributed by atoms with Gasteiger partial charge in [0.2, 0.25) is 5.88 Å². The molecule has 0 aliphatic carbocycles. The Kier molecular flexibility index (Phi) is 4.02. The van der Waals surface area contributed by atoms with Crippen LogP contribution in [-0.2, 0) is 12.1 Å². The summed E-state index contributed by atoms with van der Waals surface area (Å²) in [5.41, 5.74) is 1.52. The third kappa shape index (κ3) is 2.80. The van der Waals surface area contributed by atoms with Crippen LogP contribution in [0.3, 0.4) is 0 Å². The summed E-state index contributed by atoms with van der Waals surface area (Å²) in [6.45, 7) is 0.978. The predicted molar refractivity (Wildman–Crippen MR) is 92.7 cm³/mol. The summed E-state index contributed by atoms with van der Waals surface area (Å²) >= 11 is 0. The number of aliphatic hydroxyl groups is 1. The van der Waals surface area contributed by atoms with Gasteiger partial charge in [0.05, 0.1) is 12.7 Å². The molecule has 2 atom stereocenters. The number of hydrogen-bond acceptors (Lipinski definition) is 4. The number of benzene rings is 1. The average Bonchev–Trinajstić information content (AvgIpc) is 2.86. The van der Waals surface area contributed by atoms with Gasteiger partial charge in [-0.1, -0.05) is 30.3 Å². The molecule has 4 heteroatoms. The second kappa shape index (κ2) is 6.19. The molecule has 0 saturated carbocycles. The zero-order chi connectivity index (χ0) is 16.6. The number of nitrogens with zero attached hydrogens (tertiary/aromatic N) is 2. The van der Waals surface area contributed by atoms with Gasteiger partial charge in [-0.2, -0.15) is 0 Å². The highest BCUT2D eigenvalue weighted by Crippen LogP contribution is 2.46. The number of fused-ring (bicyclic) bond motifs is 2. The van der Waals surface area contributed by atoms with Gasteiger partial charge in [0.15, 0.2) is 0 Å². The topological polar surface area (TPSA) is 45.6 Å². The summed E-state index contributed by atoms with van der Waals surface area (Å²) in [5.74, 6) is 0.569. The fraction of sp³-hybridized carbons (Fsp3) is 0.450. The van der Waals surface area contributed by atoms with Crippen molar-refractivity contribution in [1.29, 1.82) is 0 Å². The van der Waals surface area contributed by atoms with Crippen LogP contribution in [0.5, 0.6) is 5.88 Å². The molecule has 2 bridgehead atoms. The molecule has 2 aromatic rings. The Bertz CT molecular complexity index is 690. The Morgan fingerprint density at radius 2 is 1.88 bits per heavy atom. The van der Waals surface area contributed by atoms with Gasteiger partial charge in [0.1, 0.15) is 0 Å². The zero-order valence-corrected chi connectivity index (χ0v) is 14.1. The van der Waals surface area contributed by atoms with E-state index in [0.29, 0.717) is 18.0 Å². The van der Waals surface area contributed by atoms with Gasteiger partial charge in [-0.25, -0.2) is 4.98 Å². The minimum absolute atomic E-state index is 0.438. The van der Waals surface area contributed by atoms with Crippen LogP contribution < -0.4 is 4.74 Å². The largest absolute Gasteiger partial charge is 0.481 e. The number of ether oxygens (including phenoxy) is 1. The van der Waals surface area contributed by atoms with E-state index < -0.39 is 5.60 Å². The number of rotatable bonds is 4. The van der Waals surface area contributed by atoms with Crippen molar-refractivity contribution in [3.05, 3.63) is 59.8 Å². The molecule has 126 valence electrons. The van der Waals surface area contributed by atoms with Crippen LogP contribution in [0.25, 0.3) is 0 Å². The van der Waals surface area contributed by atoms with Crippen molar-refractivity contribution in [3.8, 4) is 5.88 Å². The molecule has 4 rings (SSSR count). The van der Waals surface area contributed by atoms with Gasteiger partial charge in [-0.05, 0) is 42.9 Å². The number of aromatic nitrogens is 1. The summed E-state index contributed by atoms with van der Waals surface area (Å²) in [6, 6.07) is 15.3. The van der Waals surface area contributed by atoms with Crippen LogP contribution in [0.4, 0.5) is 0 Å². The molecular weight excluding hydrogens is 300 g/mol. The van der Waals surface area contributed by atoms with Crippen molar-refractivity contribution in [2.45, 2.75) is 49.9 Å². The minimum Gasteiger partial charge on any atom is -0.481 e. The molecule has 4 nitrogen and oxygen atoms in total. The molecular formula is C20H24N2O2. The van der Waals surface area contributed by atoms with E-state index >= 15 is 0 Å². The predicted octanol–water partition coefficient (Wildman–Crippen LogP) is 3.10. The summed E-state index contributed by atoms with van der Waals surface area (Å²) in [7, 11) is 1.61. The van der Waals surface area contributed by atoms with Gasteiger partial charge in [-0.15, -0.1) is 0 Å². The lowest BCUT2D eigenvalue weighted by atomic mass is 9.80. The van der Waals surface area contributed by atoms with Crippen molar-refractivity contribution < 1.29 is 9.84 Å². The lowest BCUT2D eigenvalue weighted by Crippen LogP contribution is -2.49. The molecule has 0 spiro atoms. The molecule has 3 heterocycles. The maximum Gasteiger partial charge on any atom is 0.213 e. The molecule has 0 amide bonds. The third-order valence-electron chi connectivity index (χ3n) is 5.61. The molecule has 0 radical (unpaired) electrons. The first-order chi connectivity index (χ1) is 11.7. The van der Waals surface area contributed by atoms with Gasteiger partial charge >= 0.3 is 0 Å². The zero-order valence-electron chi connectivity index (χ0n) is 14.1. The lowest BCUT2D eigenvalue weighted by molar-refractivity contribution is -0.0596. The van der Waals surface area contributed by atoms with Gasteiger partial charge in [0, 0.05) is 30.9 Å². The fourth-order valence-corrected chi connectivity index (χ4v) is 4.41. The highest BCUT2D eigenvalue weighted by molar-refractivity contribution is 5.28. The minimum atomic E-state index is -0.769. The molecule has 2 saturated heterocycles. The Morgan fingerprint density at radius 1 is 1.17 bits per heavy atom. The van der Waals surface area contributed by atoms with Crippen molar-refractivity contribution >= 4 is 0 Å². The monoisotopic (exact) mass is 324 g/mol. The Morgan fingerprint density at radius 3 is 2.54 bits per heavy atom. The second-order valence-corrected chi connectivity index (χ2v) is 7.07. The van der Waals surface area contributed by atoms with E-state index in [4.69, 9.17) is 4.74 Å². The molecule has 24 heavy (non-hydrogen) atoms. The molecule has 2 fully saturated rings. The van der Waals surface area contributed by atoms with Crippen molar-refractivity contribution in [1.82, 2.24) is 9.88 Å². The van der Waals surface area contributed by atoms with Crippen LogP contribution in [0, 0.1) is 0 Å². The summed E-state index contributed by atoms with van der Waals surface area (Å²) in [4.78, 5) is 6.75. The Balaban J connectivity index is 1.55. The van der Waals surface area contributed by atoms with E-state index in [-0.39, 0.29) is 0 Å².